The van der Waals surface area contributed by atoms with Crippen LogP contribution in [0.3, 0.4) is 0 Å². The largest absolute Gasteiger partial charge is 0.462 e. The Labute approximate surface area is 366 Å². The van der Waals surface area contributed by atoms with E-state index >= 15 is 0 Å². The highest BCUT2D eigenvalue weighted by molar-refractivity contribution is 5.71. The fourth-order valence-electron chi connectivity index (χ4n) is 7.53. The lowest BCUT2D eigenvalue weighted by molar-refractivity contribution is -0.167. The number of hydrogen-bond acceptors (Lipinski definition) is 6. The van der Waals surface area contributed by atoms with Gasteiger partial charge in [-0.2, -0.15) is 0 Å². The number of carbonyl (C=O) groups excluding carboxylic acids is 3. The van der Waals surface area contributed by atoms with Crippen molar-refractivity contribution in [3.63, 3.8) is 0 Å². The maximum Gasteiger partial charge on any atom is 0.306 e. The number of unbranched alkanes of at least 4 members (excludes halogenated alkanes) is 32. The van der Waals surface area contributed by atoms with Crippen molar-refractivity contribution in [1.82, 2.24) is 0 Å². The number of hydrogen-bond donors (Lipinski definition) is 0. The summed E-state index contributed by atoms with van der Waals surface area (Å²) in [5, 5.41) is 0. The minimum Gasteiger partial charge on any atom is -0.462 e. The number of ether oxygens (including phenoxy) is 3. The molecule has 6 nitrogen and oxygen atoms in total. The van der Waals surface area contributed by atoms with Crippen LogP contribution in [0.15, 0.2) is 24.3 Å². The van der Waals surface area contributed by atoms with Crippen LogP contribution >= 0.6 is 0 Å². The van der Waals surface area contributed by atoms with Crippen molar-refractivity contribution in [2.24, 2.45) is 0 Å². The van der Waals surface area contributed by atoms with Gasteiger partial charge in [0, 0.05) is 19.3 Å². The molecule has 0 saturated heterocycles. The van der Waals surface area contributed by atoms with Gasteiger partial charge >= 0.3 is 17.9 Å². The summed E-state index contributed by atoms with van der Waals surface area (Å²) in [5.74, 6) is -0.872. The minimum atomic E-state index is -0.772. The van der Waals surface area contributed by atoms with Crippen molar-refractivity contribution in [3.8, 4) is 0 Å². The number of allylic oxidation sites excluding steroid dienone is 4. The molecule has 0 heterocycles. The van der Waals surface area contributed by atoms with Crippen molar-refractivity contribution in [2.45, 2.75) is 284 Å². The molecule has 0 atom stereocenters. The first-order chi connectivity index (χ1) is 29.0. The molecule has 0 rings (SSSR count). The highest BCUT2D eigenvalue weighted by Crippen LogP contribution is 2.16. The zero-order chi connectivity index (χ0) is 43.0. The van der Waals surface area contributed by atoms with E-state index in [1.165, 1.54) is 161 Å². The smallest absolute Gasteiger partial charge is 0.306 e. The third-order valence-corrected chi connectivity index (χ3v) is 11.5. The third kappa shape index (κ3) is 46.8. The standard InChI is InChI=1S/C53H98O6/c1-4-7-10-13-16-19-22-25-26-29-32-35-38-41-44-47-53(56)59-50(48-57-51(54)45-42-39-36-33-30-27-23-20-17-14-11-8-5-2)49-58-52(55)46-43-40-37-34-31-28-24-21-18-15-12-9-6-3/h16,19,25-26,50H,4-15,17-18,20-24,27-49H2,1-3H3/b19-16+,26-25+. The second kappa shape index (κ2) is 48.6. The molecule has 0 aromatic carbocycles. The Hall–Kier alpha value is -2.11. The molecular weight excluding hydrogens is 733 g/mol. The van der Waals surface area contributed by atoms with E-state index in [0.717, 1.165) is 77.0 Å². The summed E-state index contributed by atoms with van der Waals surface area (Å²) < 4.78 is 16.8. The summed E-state index contributed by atoms with van der Waals surface area (Å²) in [5.41, 5.74) is 0. The van der Waals surface area contributed by atoms with Crippen LogP contribution in [-0.4, -0.2) is 37.2 Å². The molecule has 0 aliphatic rings. The maximum atomic E-state index is 12.8. The molecule has 0 saturated carbocycles. The van der Waals surface area contributed by atoms with Crippen molar-refractivity contribution in [1.29, 1.82) is 0 Å². The summed E-state index contributed by atoms with van der Waals surface area (Å²) in [4.78, 5) is 37.9. The SMILES string of the molecule is CCCCC/C=C/C/C=C/CCCCCCCC(=O)OC(COC(=O)CCCCCCCCCCCCCCC)COC(=O)CCCCCCCCCCCCCCC. The molecule has 0 aromatic heterocycles. The Kier molecular flexibility index (Phi) is 46.8. The van der Waals surface area contributed by atoms with Gasteiger partial charge in [0.05, 0.1) is 0 Å². The van der Waals surface area contributed by atoms with Gasteiger partial charge < -0.3 is 14.2 Å². The summed E-state index contributed by atoms with van der Waals surface area (Å²) in [6, 6.07) is 0. The monoisotopic (exact) mass is 831 g/mol. The Bertz CT molecular complexity index is 912. The maximum absolute atomic E-state index is 12.8. The van der Waals surface area contributed by atoms with E-state index in [2.05, 4.69) is 45.1 Å². The van der Waals surface area contributed by atoms with Gasteiger partial charge in [-0.1, -0.05) is 231 Å². The van der Waals surface area contributed by atoms with Crippen LogP contribution in [-0.2, 0) is 28.6 Å². The molecule has 0 aromatic rings. The fraction of sp³-hybridized carbons (Fsp3) is 0.868. The molecule has 0 aliphatic heterocycles. The first-order valence-corrected chi connectivity index (χ1v) is 25.8. The first kappa shape index (κ1) is 56.9. The lowest BCUT2D eigenvalue weighted by atomic mass is 10.0. The van der Waals surface area contributed by atoms with Crippen LogP contribution < -0.4 is 0 Å². The van der Waals surface area contributed by atoms with E-state index in [9.17, 15) is 14.4 Å². The van der Waals surface area contributed by atoms with Gasteiger partial charge in [0.1, 0.15) is 13.2 Å². The van der Waals surface area contributed by atoms with E-state index in [0.29, 0.717) is 19.3 Å². The molecule has 0 aliphatic carbocycles. The van der Waals surface area contributed by atoms with Crippen LogP contribution in [0.1, 0.15) is 278 Å². The van der Waals surface area contributed by atoms with Gasteiger partial charge in [-0.3, -0.25) is 14.4 Å². The van der Waals surface area contributed by atoms with Crippen molar-refractivity contribution in [2.75, 3.05) is 13.2 Å². The zero-order valence-electron chi connectivity index (χ0n) is 39.5. The lowest BCUT2D eigenvalue weighted by Gasteiger charge is -2.18. The molecule has 0 unspecified atom stereocenters. The predicted octanol–water partition coefficient (Wildman–Crippen LogP) is 16.8. The molecular formula is C53H98O6. The Morgan fingerprint density at radius 2 is 0.610 bits per heavy atom. The molecule has 59 heavy (non-hydrogen) atoms. The topological polar surface area (TPSA) is 78.9 Å². The summed E-state index contributed by atoms with van der Waals surface area (Å²) in [6.07, 6.45) is 54.4. The van der Waals surface area contributed by atoms with Gasteiger partial charge in [-0.15, -0.1) is 0 Å². The van der Waals surface area contributed by atoms with Gasteiger partial charge in [-0.25, -0.2) is 0 Å². The summed E-state index contributed by atoms with van der Waals surface area (Å²) in [7, 11) is 0. The highest BCUT2D eigenvalue weighted by Gasteiger charge is 2.19. The van der Waals surface area contributed by atoms with E-state index in [1.54, 1.807) is 0 Å². The summed E-state index contributed by atoms with van der Waals surface area (Å²) >= 11 is 0. The van der Waals surface area contributed by atoms with E-state index < -0.39 is 6.10 Å². The average molecular weight is 831 g/mol. The van der Waals surface area contributed by atoms with E-state index in [-0.39, 0.29) is 31.1 Å². The molecule has 0 radical (unpaired) electrons. The van der Waals surface area contributed by atoms with Crippen molar-refractivity contribution in [3.05, 3.63) is 24.3 Å². The molecule has 0 bridgehead atoms. The van der Waals surface area contributed by atoms with Crippen LogP contribution in [0.5, 0.6) is 0 Å². The zero-order valence-corrected chi connectivity index (χ0v) is 39.5. The number of carbonyl (C=O) groups is 3. The van der Waals surface area contributed by atoms with Crippen molar-refractivity contribution < 1.29 is 28.6 Å². The second-order valence-electron chi connectivity index (χ2n) is 17.4. The normalized spacial score (nSPS) is 11.7. The molecule has 0 N–H and O–H groups in total. The van der Waals surface area contributed by atoms with Crippen LogP contribution in [0.25, 0.3) is 0 Å². The fourth-order valence-corrected chi connectivity index (χ4v) is 7.53. The van der Waals surface area contributed by atoms with Gasteiger partial charge in [0.25, 0.3) is 0 Å². The minimum absolute atomic E-state index is 0.0722. The molecule has 0 amide bonds. The van der Waals surface area contributed by atoms with Crippen LogP contribution in [0.4, 0.5) is 0 Å². The van der Waals surface area contributed by atoms with Crippen molar-refractivity contribution >= 4 is 17.9 Å². The Morgan fingerprint density at radius 1 is 0.339 bits per heavy atom. The molecule has 346 valence electrons. The number of esters is 3. The van der Waals surface area contributed by atoms with Gasteiger partial charge in [0.15, 0.2) is 6.10 Å². The molecule has 0 spiro atoms. The highest BCUT2D eigenvalue weighted by atomic mass is 16.6. The molecule has 6 heteroatoms. The molecule has 0 fully saturated rings. The van der Waals surface area contributed by atoms with E-state index in [1.807, 2.05) is 0 Å². The third-order valence-electron chi connectivity index (χ3n) is 11.5. The van der Waals surface area contributed by atoms with Gasteiger partial charge in [-0.05, 0) is 51.4 Å². The number of rotatable bonds is 47. The lowest BCUT2D eigenvalue weighted by Crippen LogP contribution is -2.30. The Balaban J connectivity index is 4.37. The van der Waals surface area contributed by atoms with Gasteiger partial charge in [0.2, 0.25) is 0 Å². The summed E-state index contributed by atoms with van der Waals surface area (Å²) in [6.45, 7) is 6.62. The van der Waals surface area contributed by atoms with Crippen LogP contribution in [0.2, 0.25) is 0 Å². The first-order valence-electron chi connectivity index (χ1n) is 25.8. The van der Waals surface area contributed by atoms with E-state index in [4.69, 9.17) is 14.2 Å². The Morgan fingerprint density at radius 3 is 0.966 bits per heavy atom. The predicted molar refractivity (Wildman–Crippen MR) is 252 cm³/mol. The quantitative estimate of drug-likeness (QED) is 0.0263. The van der Waals surface area contributed by atoms with Crippen LogP contribution in [0, 0.1) is 0 Å². The second-order valence-corrected chi connectivity index (χ2v) is 17.4. The average Bonchev–Trinajstić information content (AvgIpc) is 3.23.